The number of rotatable bonds is 4. The number of fused-ring (bicyclic) bond motifs is 1. The monoisotopic (exact) mass is 281 g/mol. The summed E-state index contributed by atoms with van der Waals surface area (Å²) in [6.45, 7) is 0. The Morgan fingerprint density at radius 3 is 2.75 bits per heavy atom. The van der Waals surface area contributed by atoms with E-state index in [0.29, 0.717) is 6.42 Å². The van der Waals surface area contributed by atoms with Crippen molar-refractivity contribution in [3.63, 3.8) is 0 Å². The summed E-state index contributed by atoms with van der Waals surface area (Å²) in [4.78, 5) is 12.0. The van der Waals surface area contributed by atoms with E-state index in [0.717, 1.165) is 12.1 Å². The molecule has 0 spiro atoms. The largest absolute Gasteiger partial charge is 0.326 e. The van der Waals surface area contributed by atoms with Crippen molar-refractivity contribution >= 4 is 33.0 Å². The fourth-order valence-electron chi connectivity index (χ4n) is 2.17. The van der Waals surface area contributed by atoms with Gasteiger partial charge in [-0.15, -0.1) is 11.3 Å². The van der Waals surface area contributed by atoms with Crippen molar-refractivity contribution in [1.82, 2.24) is 0 Å². The predicted octanol–water partition coefficient (Wildman–Crippen LogP) is 4.47. The Bertz CT molecular complexity index is 718. The molecular formula is C17H15NOS. The van der Waals surface area contributed by atoms with Gasteiger partial charge in [-0.25, -0.2) is 0 Å². The first-order valence-electron chi connectivity index (χ1n) is 6.62. The molecule has 1 N–H and O–H groups in total. The summed E-state index contributed by atoms with van der Waals surface area (Å²) in [6.07, 6.45) is 1.28. The lowest BCUT2D eigenvalue weighted by Crippen LogP contribution is -2.12. The minimum atomic E-state index is 0.0587. The maximum Gasteiger partial charge on any atom is 0.224 e. The molecule has 0 radical (unpaired) electrons. The van der Waals surface area contributed by atoms with Gasteiger partial charge in [-0.05, 0) is 47.0 Å². The third kappa shape index (κ3) is 3.06. The van der Waals surface area contributed by atoms with Crippen molar-refractivity contribution in [3.05, 3.63) is 65.5 Å². The summed E-state index contributed by atoms with van der Waals surface area (Å²) < 4.78 is 1.24. The second-order valence-corrected chi connectivity index (χ2v) is 5.65. The molecule has 2 aromatic carbocycles. The summed E-state index contributed by atoms with van der Waals surface area (Å²) in [5.74, 6) is 0.0587. The molecule has 3 aromatic rings. The standard InChI is InChI=1S/C17H15NOS/c19-17(9-6-13-4-2-1-3-5-13)18-15-7-8-16-14(12-15)10-11-20-16/h1-5,7-8,10-12H,6,9H2,(H,18,19). The van der Waals surface area contributed by atoms with Crippen LogP contribution in [-0.4, -0.2) is 5.91 Å². The highest BCUT2D eigenvalue weighted by Gasteiger charge is 2.04. The van der Waals surface area contributed by atoms with Crippen LogP contribution in [0.3, 0.4) is 0 Å². The Balaban J connectivity index is 1.61. The second kappa shape index (κ2) is 5.88. The van der Waals surface area contributed by atoms with Gasteiger partial charge >= 0.3 is 0 Å². The molecule has 1 heterocycles. The van der Waals surface area contributed by atoms with E-state index < -0.39 is 0 Å². The smallest absolute Gasteiger partial charge is 0.224 e. The van der Waals surface area contributed by atoms with Crippen molar-refractivity contribution in [2.75, 3.05) is 5.32 Å². The van der Waals surface area contributed by atoms with Crippen molar-refractivity contribution in [2.24, 2.45) is 0 Å². The van der Waals surface area contributed by atoms with Gasteiger partial charge < -0.3 is 5.32 Å². The fraction of sp³-hybridized carbons (Fsp3) is 0.118. The number of nitrogens with one attached hydrogen (secondary N) is 1. The van der Waals surface area contributed by atoms with Gasteiger partial charge in [0, 0.05) is 16.8 Å². The molecule has 0 saturated carbocycles. The van der Waals surface area contributed by atoms with E-state index in [-0.39, 0.29) is 5.91 Å². The molecule has 1 amide bonds. The summed E-state index contributed by atoms with van der Waals surface area (Å²) in [6, 6.07) is 18.2. The van der Waals surface area contributed by atoms with Crippen molar-refractivity contribution < 1.29 is 4.79 Å². The number of thiophene rings is 1. The van der Waals surface area contributed by atoms with E-state index in [2.05, 4.69) is 16.8 Å². The van der Waals surface area contributed by atoms with Crippen LogP contribution in [-0.2, 0) is 11.2 Å². The maximum atomic E-state index is 12.0. The van der Waals surface area contributed by atoms with Crippen molar-refractivity contribution in [1.29, 1.82) is 0 Å². The highest BCUT2D eigenvalue weighted by molar-refractivity contribution is 7.17. The van der Waals surface area contributed by atoms with Gasteiger partial charge in [0.25, 0.3) is 0 Å². The lowest BCUT2D eigenvalue weighted by molar-refractivity contribution is -0.116. The molecule has 100 valence electrons. The molecule has 0 bridgehead atoms. The summed E-state index contributed by atoms with van der Waals surface area (Å²) >= 11 is 1.71. The molecule has 0 aliphatic carbocycles. The molecule has 3 rings (SSSR count). The van der Waals surface area contributed by atoms with E-state index >= 15 is 0 Å². The Morgan fingerprint density at radius 1 is 1.05 bits per heavy atom. The minimum Gasteiger partial charge on any atom is -0.326 e. The molecular weight excluding hydrogens is 266 g/mol. The first-order valence-corrected chi connectivity index (χ1v) is 7.50. The number of aryl methyl sites for hydroxylation is 1. The average molecular weight is 281 g/mol. The molecule has 0 atom stereocenters. The van der Waals surface area contributed by atoms with Crippen LogP contribution < -0.4 is 5.32 Å². The molecule has 2 nitrogen and oxygen atoms in total. The third-order valence-electron chi connectivity index (χ3n) is 3.22. The Labute approximate surface area is 122 Å². The zero-order chi connectivity index (χ0) is 13.8. The van der Waals surface area contributed by atoms with Gasteiger partial charge in [-0.2, -0.15) is 0 Å². The summed E-state index contributed by atoms with van der Waals surface area (Å²) in [5, 5.41) is 6.20. The Kier molecular flexibility index (Phi) is 3.79. The second-order valence-electron chi connectivity index (χ2n) is 4.71. The van der Waals surface area contributed by atoms with Gasteiger partial charge in [0.05, 0.1) is 0 Å². The number of benzene rings is 2. The molecule has 3 heteroatoms. The first-order chi connectivity index (χ1) is 9.81. The molecule has 20 heavy (non-hydrogen) atoms. The Hall–Kier alpha value is -2.13. The molecule has 0 fully saturated rings. The first kappa shape index (κ1) is 12.9. The van der Waals surface area contributed by atoms with Crippen LogP contribution in [0, 0.1) is 0 Å². The third-order valence-corrected chi connectivity index (χ3v) is 4.12. The van der Waals surface area contributed by atoms with Crippen molar-refractivity contribution in [2.45, 2.75) is 12.8 Å². The van der Waals surface area contributed by atoms with Crippen LogP contribution in [0.1, 0.15) is 12.0 Å². The quantitative estimate of drug-likeness (QED) is 0.751. The van der Waals surface area contributed by atoms with Crippen LogP contribution in [0.5, 0.6) is 0 Å². The highest BCUT2D eigenvalue weighted by Crippen LogP contribution is 2.24. The van der Waals surface area contributed by atoms with Crippen LogP contribution in [0.25, 0.3) is 10.1 Å². The van der Waals surface area contributed by atoms with Gasteiger partial charge in [-0.3, -0.25) is 4.79 Å². The lowest BCUT2D eigenvalue weighted by Gasteiger charge is -2.05. The van der Waals surface area contributed by atoms with E-state index in [1.165, 1.54) is 15.6 Å². The van der Waals surface area contributed by atoms with Crippen LogP contribution in [0.15, 0.2) is 60.0 Å². The zero-order valence-electron chi connectivity index (χ0n) is 11.0. The molecule has 0 unspecified atom stereocenters. The minimum absolute atomic E-state index is 0.0587. The molecule has 0 saturated heterocycles. The molecule has 0 aliphatic heterocycles. The lowest BCUT2D eigenvalue weighted by atomic mass is 10.1. The molecule has 0 aliphatic rings. The van der Waals surface area contributed by atoms with Crippen LogP contribution in [0.2, 0.25) is 0 Å². The number of amides is 1. The normalized spacial score (nSPS) is 10.6. The average Bonchev–Trinajstić information content (AvgIpc) is 2.94. The topological polar surface area (TPSA) is 29.1 Å². The predicted molar refractivity (Wildman–Crippen MR) is 85.2 cm³/mol. The number of hydrogen-bond donors (Lipinski definition) is 1. The van der Waals surface area contributed by atoms with Gasteiger partial charge in [0.2, 0.25) is 5.91 Å². The van der Waals surface area contributed by atoms with Crippen LogP contribution >= 0.6 is 11.3 Å². The van der Waals surface area contributed by atoms with Crippen LogP contribution in [0.4, 0.5) is 5.69 Å². The fourth-order valence-corrected chi connectivity index (χ4v) is 2.94. The van der Waals surface area contributed by atoms with E-state index in [1.807, 2.05) is 48.5 Å². The van der Waals surface area contributed by atoms with Crippen molar-refractivity contribution in [3.8, 4) is 0 Å². The number of carbonyl (C=O) groups is 1. The van der Waals surface area contributed by atoms with E-state index in [1.54, 1.807) is 11.3 Å². The van der Waals surface area contributed by atoms with E-state index in [4.69, 9.17) is 0 Å². The number of hydrogen-bond acceptors (Lipinski definition) is 2. The summed E-state index contributed by atoms with van der Waals surface area (Å²) in [7, 11) is 0. The highest BCUT2D eigenvalue weighted by atomic mass is 32.1. The zero-order valence-corrected chi connectivity index (χ0v) is 11.8. The maximum absolute atomic E-state index is 12.0. The van der Waals surface area contributed by atoms with Gasteiger partial charge in [0.15, 0.2) is 0 Å². The number of carbonyl (C=O) groups excluding carboxylic acids is 1. The molecule has 1 aromatic heterocycles. The SMILES string of the molecule is O=C(CCc1ccccc1)Nc1ccc2sccc2c1. The number of anilines is 1. The summed E-state index contributed by atoms with van der Waals surface area (Å²) in [5.41, 5.74) is 2.06. The van der Waals surface area contributed by atoms with E-state index in [9.17, 15) is 4.79 Å². The van der Waals surface area contributed by atoms with Gasteiger partial charge in [0.1, 0.15) is 0 Å². The van der Waals surface area contributed by atoms with Gasteiger partial charge in [-0.1, -0.05) is 30.3 Å². The Morgan fingerprint density at radius 2 is 1.90 bits per heavy atom.